The first-order chi connectivity index (χ1) is 12.6. The molecular formula is C25H46N+. The van der Waals surface area contributed by atoms with Crippen LogP contribution in [-0.4, -0.2) is 32.2 Å². The van der Waals surface area contributed by atoms with Gasteiger partial charge in [0.05, 0.1) is 27.7 Å². The lowest BCUT2D eigenvalue weighted by atomic mass is 10.1. The van der Waals surface area contributed by atoms with Crippen LogP contribution < -0.4 is 0 Å². The second-order valence-corrected chi connectivity index (χ2v) is 8.25. The normalized spacial score (nSPS) is 13.2. The van der Waals surface area contributed by atoms with Crippen molar-refractivity contribution in [1.82, 2.24) is 0 Å². The number of quaternary nitrogens is 1. The van der Waals surface area contributed by atoms with Crippen molar-refractivity contribution < 1.29 is 4.48 Å². The van der Waals surface area contributed by atoms with E-state index in [2.05, 4.69) is 76.7 Å². The highest BCUT2D eigenvalue weighted by atomic mass is 15.3. The molecule has 0 aliphatic rings. The predicted molar refractivity (Wildman–Crippen MR) is 121 cm³/mol. The molecule has 0 aromatic heterocycles. The van der Waals surface area contributed by atoms with Crippen LogP contribution in [0.25, 0.3) is 0 Å². The molecule has 0 saturated heterocycles. The van der Waals surface area contributed by atoms with E-state index < -0.39 is 0 Å². The van der Waals surface area contributed by atoms with Gasteiger partial charge in [0.15, 0.2) is 0 Å². The summed E-state index contributed by atoms with van der Waals surface area (Å²) in [6, 6.07) is 0. The molecule has 0 saturated carbocycles. The van der Waals surface area contributed by atoms with Crippen LogP contribution in [0.1, 0.15) is 84.0 Å². The van der Waals surface area contributed by atoms with E-state index in [-0.39, 0.29) is 0 Å². The van der Waals surface area contributed by atoms with Crippen molar-refractivity contribution in [3.05, 3.63) is 48.6 Å². The van der Waals surface area contributed by atoms with Crippen molar-refractivity contribution in [1.29, 1.82) is 0 Å². The second-order valence-electron chi connectivity index (χ2n) is 8.25. The number of nitrogens with zero attached hydrogens (tertiary/aromatic N) is 1. The van der Waals surface area contributed by atoms with Crippen LogP contribution in [0.3, 0.4) is 0 Å². The van der Waals surface area contributed by atoms with E-state index in [1.165, 1.54) is 70.8 Å². The van der Waals surface area contributed by atoms with Crippen molar-refractivity contribution in [2.24, 2.45) is 0 Å². The van der Waals surface area contributed by atoms with Gasteiger partial charge in [0.25, 0.3) is 0 Å². The number of hydrogen-bond acceptors (Lipinski definition) is 0. The fourth-order valence-electron chi connectivity index (χ4n) is 2.77. The maximum absolute atomic E-state index is 2.36. The maximum atomic E-state index is 2.36. The molecule has 0 fully saturated rings. The van der Waals surface area contributed by atoms with Crippen LogP contribution in [0.5, 0.6) is 0 Å². The van der Waals surface area contributed by atoms with Gasteiger partial charge in [-0.3, -0.25) is 0 Å². The first-order valence-electron chi connectivity index (χ1n) is 11.0. The summed E-state index contributed by atoms with van der Waals surface area (Å²) in [6.45, 7) is 3.48. The number of unbranched alkanes of at least 4 members (excludes halogenated alkanes) is 7. The van der Waals surface area contributed by atoms with Crippen LogP contribution in [0.15, 0.2) is 48.6 Å². The lowest BCUT2D eigenvalue weighted by Crippen LogP contribution is -2.35. The van der Waals surface area contributed by atoms with E-state index in [1.54, 1.807) is 0 Å². The standard InChI is InChI=1S/C25H46N/c1-5-6-7-8-9-10-11-12-13-14-15-16-17-18-19-20-21-22-23-24-25-26(2,3)4/h6-7,10-11,15-16,18-19H,5,8-9,12-14,17,20-25H2,1-4H3/q+1/b7-6-,11-10+,16-15-,19-18-. The van der Waals surface area contributed by atoms with E-state index >= 15 is 0 Å². The fourth-order valence-corrected chi connectivity index (χ4v) is 2.77. The third-order valence-electron chi connectivity index (χ3n) is 4.37. The average Bonchev–Trinajstić information content (AvgIpc) is 2.59. The predicted octanol–water partition coefficient (Wildman–Crippen LogP) is 7.62. The molecule has 26 heavy (non-hydrogen) atoms. The Morgan fingerprint density at radius 1 is 0.500 bits per heavy atom. The van der Waals surface area contributed by atoms with Crippen LogP contribution in [0.2, 0.25) is 0 Å². The number of allylic oxidation sites excluding steroid dienone is 8. The fraction of sp³-hybridized carbons (Fsp3) is 0.680. The van der Waals surface area contributed by atoms with Gasteiger partial charge < -0.3 is 4.48 Å². The van der Waals surface area contributed by atoms with Crippen LogP contribution in [0.4, 0.5) is 0 Å². The van der Waals surface area contributed by atoms with Gasteiger partial charge in [-0.25, -0.2) is 0 Å². The summed E-state index contributed by atoms with van der Waals surface area (Å²) >= 11 is 0. The molecule has 0 spiro atoms. The molecule has 0 aliphatic carbocycles. The summed E-state index contributed by atoms with van der Waals surface area (Å²) in [5.74, 6) is 0. The van der Waals surface area contributed by atoms with Gasteiger partial charge in [-0.15, -0.1) is 0 Å². The largest absolute Gasteiger partial charge is 0.331 e. The quantitative estimate of drug-likeness (QED) is 0.142. The summed E-state index contributed by atoms with van der Waals surface area (Å²) in [6.07, 6.45) is 33.6. The zero-order chi connectivity index (χ0) is 19.3. The molecule has 0 radical (unpaired) electrons. The van der Waals surface area contributed by atoms with Crippen molar-refractivity contribution in [2.75, 3.05) is 27.7 Å². The zero-order valence-electron chi connectivity index (χ0n) is 18.3. The van der Waals surface area contributed by atoms with Crippen LogP contribution >= 0.6 is 0 Å². The molecule has 1 nitrogen and oxygen atoms in total. The Kier molecular flexibility index (Phi) is 17.9. The Hall–Kier alpha value is -1.08. The van der Waals surface area contributed by atoms with E-state index in [1.807, 2.05) is 0 Å². The van der Waals surface area contributed by atoms with Gasteiger partial charge in [-0.1, -0.05) is 62.0 Å². The molecule has 0 heterocycles. The van der Waals surface area contributed by atoms with Gasteiger partial charge in [0.2, 0.25) is 0 Å². The Morgan fingerprint density at radius 2 is 1.00 bits per heavy atom. The maximum Gasteiger partial charge on any atom is 0.0780 e. The molecule has 0 amide bonds. The van der Waals surface area contributed by atoms with Gasteiger partial charge in [0, 0.05) is 0 Å². The van der Waals surface area contributed by atoms with E-state index in [0.717, 1.165) is 17.3 Å². The van der Waals surface area contributed by atoms with Crippen LogP contribution in [-0.2, 0) is 0 Å². The highest BCUT2D eigenvalue weighted by Gasteiger charge is 2.04. The molecular weight excluding hydrogens is 314 g/mol. The lowest BCUT2D eigenvalue weighted by Gasteiger charge is -2.23. The Morgan fingerprint density at radius 3 is 1.62 bits per heavy atom. The van der Waals surface area contributed by atoms with Gasteiger partial charge in [0.1, 0.15) is 0 Å². The van der Waals surface area contributed by atoms with Crippen LogP contribution in [0, 0.1) is 0 Å². The topological polar surface area (TPSA) is 0 Å². The first-order valence-corrected chi connectivity index (χ1v) is 11.0. The molecule has 0 rings (SSSR count). The van der Waals surface area contributed by atoms with Gasteiger partial charge >= 0.3 is 0 Å². The molecule has 0 N–H and O–H groups in total. The minimum Gasteiger partial charge on any atom is -0.331 e. The summed E-state index contributed by atoms with van der Waals surface area (Å²) in [7, 11) is 6.83. The molecule has 0 unspecified atom stereocenters. The number of hydrogen-bond donors (Lipinski definition) is 0. The monoisotopic (exact) mass is 360 g/mol. The molecule has 0 aromatic carbocycles. The van der Waals surface area contributed by atoms with Crippen molar-refractivity contribution in [3.63, 3.8) is 0 Å². The minimum absolute atomic E-state index is 1.10. The highest BCUT2D eigenvalue weighted by Crippen LogP contribution is 2.06. The van der Waals surface area contributed by atoms with Crippen molar-refractivity contribution in [2.45, 2.75) is 84.0 Å². The second kappa shape index (κ2) is 18.7. The smallest absolute Gasteiger partial charge is 0.0780 e. The summed E-state index contributed by atoms with van der Waals surface area (Å²) in [4.78, 5) is 0. The zero-order valence-corrected chi connectivity index (χ0v) is 18.3. The first kappa shape index (κ1) is 24.9. The van der Waals surface area contributed by atoms with Crippen molar-refractivity contribution >= 4 is 0 Å². The molecule has 1 heteroatoms. The molecule has 0 aliphatic heterocycles. The third kappa shape index (κ3) is 22.9. The van der Waals surface area contributed by atoms with Gasteiger partial charge in [-0.2, -0.15) is 0 Å². The van der Waals surface area contributed by atoms with Crippen molar-refractivity contribution in [3.8, 4) is 0 Å². The molecule has 0 bridgehead atoms. The molecule has 0 aromatic rings. The summed E-state index contributed by atoms with van der Waals surface area (Å²) in [5.41, 5.74) is 0. The average molecular weight is 361 g/mol. The summed E-state index contributed by atoms with van der Waals surface area (Å²) in [5, 5.41) is 0. The minimum atomic E-state index is 1.10. The van der Waals surface area contributed by atoms with Gasteiger partial charge in [-0.05, 0) is 70.6 Å². The lowest BCUT2D eigenvalue weighted by molar-refractivity contribution is -0.870. The Balaban J connectivity index is 3.33. The molecule has 150 valence electrons. The number of rotatable bonds is 17. The van der Waals surface area contributed by atoms with E-state index in [9.17, 15) is 0 Å². The third-order valence-corrected chi connectivity index (χ3v) is 4.37. The highest BCUT2D eigenvalue weighted by molar-refractivity contribution is 4.93. The van der Waals surface area contributed by atoms with E-state index in [4.69, 9.17) is 0 Å². The molecule has 0 atom stereocenters. The Labute approximate surface area is 165 Å². The summed E-state index contributed by atoms with van der Waals surface area (Å²) < 4.78 is 1.10. The van der Waals surface area contributed by atoms with E-state index in [0.29, 0.717) is 0 Å². The Bertz CT molecular complexity index is 393. The SMILES string of the molecule is CC/C=C\CC/C=C/CCC/C=C\C/C=C\CCCCCC[N+](C)(C)C.